The molecule has 3 heteroatoms. The average Bonchev–Trinajstić information content (AvgIpc) is 2.38. The molecule has 1 aromatic rings. The van der Waals surface area contributed by atoms with Gasteiger partial charge in [0.15, 0.2) is 0 Å². The molecule has 12 heavy (non-hydrogen) atoms. The van der Waals surface area contributed by atoms with Gasteiger partial charge in [-0.3, -0.25) is 0 Å². The van der Waals surface area contributed by atoms with Crippen LogP contribution >= 0.6 is 0 Å². The molecule has 1 rings (SSSR count). The van der Waals surface area contributed by atoms with Crippen molar-refractivity contribution in [2.75, 3.05) is 0 Å². The van der Waals surface area contributed by atoms with Crippen molar-refractivity contribution in [3.63, 3.8) is 0 Å². The lowest BCUT2D eigenvalue weighted by molar-refractivity contribution is 0.566. The van der Waals surface area contributed by atoms with E-state index in [-0.39, 0.29) is 0 Å². The van der Waals surface area contributed by atoms with Crippen LogP contribution in [0.15, 0.2) is 0 Å². The van der Waals surface area contributed by atoms with E-state index in [1.54, 1.807) is 0 Å². The van der Waals surface area contributed by atoms with Gasteiger partial charge in [-0.1, -0.05) is 25.5 Å². The largest absolute Gasteiger partial charge is 0.249 e. The van der Waals surface area contributed by atoms with Gasteiger partial charge in [-0.25, -0.2) is 4.68 Å². The topological polar surface area (TPSA) is 30.7 Å². The van der Waals surface area contributed by atoms with Crippen molar-refractivity contribution in [3.05, 3.63) is 11.4 Å². The van der Waals surface area contributed by atoms with Crippen LogP contribution in [0.3, 0.4) is 0 Å². The summed E-state index contributed by atoms with van der Waals surface area (Å²) < 4.78 is 1.99. The zero-order chi connectivity index (χ0) is 8.97. The molecule has 68 valence electrons. The first-order valence-electron chi connectivity index (χ1n) is 4.68. The van der Waals surface area contributed by atoms with Crippen molar-refractivity contribution in [2.45, 2.75) is 46.6 Å². The highest BCUT2D eigenvalue weighted by molar-refractivity contribution is 5.07. The Kier molecular flexibility index (Phi) is 3.26. The summed E-state index contributed by atoms with van der Waals surface area (Å²) in [5.41, 5.74) is 2.39. The number of hydrogen-bond acceptors (Lipinski definition) is 2. The molecule has 0 bridgehead atoms. The van der Waals surface area contributed by atoms with Crippen LogP contribution in [0.2, 0.25) is 0 Å². The highest BCUT2D eigenvalue weighted by atomic mass is 15.4. The van der Waals surface area contributed by atoms with Gasteiger partial charge in [-0.15, -0.1) is 5.10 Å². The molecule has 0 aliphatic heterocycles. The Bertz CT molecular complexity index is 216. The molecule has 0 aromatic carbocycles. The summed E-state index contributed by atoms with van der Waals surface area (Å²) in [5, 5.41) is 8.23. The van der Waals surface area contributed by atoms with Gasteiger partial charge in [0.2, 0.25) is 0 Å². The zero-order valence-electron chi connectivity index (χ0n) is 8.17. The first kappa shape index (κ1) is 9.23. The fraction of sp³-hybridized carbons (Fsp3) is 0.778. The normalized spacial score (nSPS) is 10.6. The van der Waals surface area contributed by atoms with Crippen molar-refractivity contribution in [1.29, 1.82) is 0 Å². The van der Waals surface area contributed by atoms with E-state index in [1.807, 2.05) is 4.68 Å². The summed E-state index contributed by atoms with van der Waals surface area (Å²) >= 11 is 0. The smallest absolute Gasteiger partial charge is 0.0856 e. The average molecular weight is 167 g/mol. The number of rotatable bonds is 4. The SMILES string of the molecule is CCCc1nnn(CCC)c1C. The van der Waals surface area contributed by atoms with Crippen LogP contribution in [0.1, 0.15) is 38.1 Å². The van der Waals surface area contributed by atoms with Gasteiger partial charge in [0.1, 0.15) is 0 Å². The Morgan fingerprint density at radius 3 is 2.58 bits per heavy atom. The van der Waals surface area contributed by atoms with E-state index >= 15 is 0 Å². The first-order valence-corrected chi connectivity index (χ1v) is 4.68. The van der Waals surface area contributed by atoms with E-state index in [4.69, 9.17) is 0 Å². The molecule has 1 heterocycles. The van der Waals surface area contributed by atoms with Crippen molar-refractivity contribution in [1.82, 2.24) is 15.0 Å². The van der Waals surface area contributed by atoms with E-state index in [0.29, 0.717) is 0 Å². The Hall–Kier alpha value is -0.860. The number of nitrogens with zero attached hydrogens (tertiary/aromatic N) is 3. The molecule has 0 amide bonds. The molecule has 0 unspecified atom stereocenters. The third-order valence-corrected chi connectivity index (χ3v) is 2.00. The van der Waals surface area contributed by atoms with Gasteiger partial charge < -0.3 is 0 Å². The second-order valence-corrected chi connectivity index (χ2v) is 3.09. The fourth-order valence-corrected chi connectivity index (χ4v) is 1.29. The second-order valence-electron chi connectivity index (χ2n) is 3.09. The third kappa shape index (κ3) is 1.84. The van der Waals surface area contributed by atoms with Crippen molar-refractivity contribution >= 4 is 0 Å². The molecule has 1 aromatic heterocycles. The molecule has 0 fully saturated rings. The quantitative estimate of drug-likeness (QED) is 0.686. The zero-order valence-corrected chi connectivity index (χ0v) is 8.17. The van der Waals surface area contributed by atoms with Crippen LogP contribution < -0.4 is 0 Å². The van der Waals surface area contributed by atoms with Gasteiger partial charge in [0, 0.05) is 6.54 Å². The molecule has 0 atom stereocenters. The lowest BCUT2D eigenvalue weighted by Gasteiger charge is -1.99. The van der Waals surface area contributed by atoms with Crippen molar-refractivity contribution in [2.24, 2.45) is 0 Å². The summed E-state index contributed by atoms with van der Waals surface area (Å²) in [6.07, 6.45) is 3.32. The first-order chi connectivity index (χ1) is 5.79. The molecule has 0 aliphatic carbocycles. The second kappa shape index (κ2) is 4.24. The van der Waals surface area contributed by atoms with E-state index in [1.165, 1.54) is 5.69 Å². The van der Waals surface area contributed by atoms with E-state index in [9.17, 15) is 0 Å². The minimum Gasteiger partial charge on any atom is -0.249 e. The summed E-state index contributed by atoms with van der Waals surface area (Å²) in [5.74, 6) is 0. The van der Waals surface area contributed by atoms with Crippen LogP contribution in [-0.2, 0) is 13.0 Å². The Balaban J connectivity index is 2.74. The molecule has 0 aliphatic rings. The maximum Gasteiger partial charge on any atom is 0.0856 e. The monoisotopic (exact) mass is 167 g/mol. The van der Waals surface area contributed by atoms with Gasteiger partial charge in [-0.05, 0) is 19.8 Å². The summed E-state index contributed by atoms with van der Waals surface area (Å²) in [4.78, 5) is 0. The van der Waals surface area contributed by atoms with E-state index < -0.39 is 0 Å². The lowest BCUT2D eigenvalue weighted by Crippen LogP contribution is -2.01. The molecule has 0 saturated carbocycles. The number of aryl methyl sites for hydroxylation is 2. The maximum atomic E-state index is 4.14. The predicted molar refractivity (Wildman–Crippen MR) is 49.0 cm³/mol. The minimum absolute atomic E-state index is 0.989. The predicted octanol–water partition coefficient (Wildman–Crippen LogP) is 1.95. The van der Waals surface area contributed by atoms with E-state index in [2.05, 4.69) is 31.1 Å². The molecular formula is C9H17N3. The summed E-state index contributed by atoms with van der Waals surface area (Å²) in [6, 6.07) is 0. The lowest BCUT2D eigenvalue weighted by atomic mass is 10.2. The van der Waals surface area contributed by atoms with Crippen molar-refractivity contribution in [3.8, 4) is 0 Å². The molecule has 3 nitrogen and oxygen atoms in total. The highest BCUT2D eigenvalue weighted by Crippen LogP contribution is 2.06. The number of hydrogen-bond donors (Lipinski definition) is 0. The van der Waals surface area contributed by atoms with Crippen LogP contribution in [0.5, 0.6) is 0 Å². The maximum absolute atomic E-state index is 4.14. The van der Waals surface area contributed by atoms with Crippen LogP contribution in [-0.4, -0.2) is 15.0 Å². The number of aromatic nitrogens is 3. The van der Waals surface area contributed by atoms with Gasteiger partial charge in [0.25, 0.3) is 0 Å². The Morgan fingerprint density at radius 2 is 2.00 bits per heavy atom. The molecular weight excluding hydrogens is 150 g/mol. The Labute approximate surface area is 73.8 Å². The van der Waals surface area contributed by atoms with E-state index in [0.717, 1.165) is 31.5 Å². The van der Waals surface area contributed by atoms with Gasteiger partial charge in [0.05, 0.1) is 11.4 Å². The van der Waals surface area contributed by atoms with Crippen molar-refractivity contribution < 1.29 is 0 Å². The Morgan fingerprint density at radius 1 is 1.25 bits per heavy atom. The molecule has 0 saturated heterocycles. The molecule has 0 spiro atoms. The molecule has 0 N–H and O–H groups in total. The summed E-state index contributed by atoms with van der Waals surface area (Å²) in [7, 11) is 0. The summed E-state index contributed by atoms with van der Waals surface area (Å²) in [6.45, 7) is 7.40. The molecule has 0 radical (unpaired) electrons. The van der Waals surface area contributed by atoms with Gasteiger partial charge in [-0.2, -0.15) is 0 Å². The third-order valence-electron chi connectivity index (χ3n) is 2.00. The highest BCUT2D eigenvalue weighted by Gasteiger charge is 2.05. The standard InChI is InChI=1S/C9H17N3/c1-4-6-9-8(3)12(7-5-2)11-10-9/h4-7H2,1-3H3. The van der Waals surface area contributed by atoms with Gasteiger partial charge >= 0.3 is 0 Å². The minimum atomic E-state index is 0.989. The van der Waals surface area contributed by atoms with Crippen LogP contribution in [0.4, 0.5) is 0 Å². The fourth-order valence-electron chi connectivity index (χ4n) is 1.29. The van der Waals surface area contributed by atoms with Crippen LogP contribution in [0, 0.1) is 6.92 Å². The van der Waals surface area contributed by atoms with Crippen LogP contribution in [0.25, 0.3) is 0 Å².